The number of hydrogen-bond acceptors (Lipinski definition) is 1. The number of benzene rings is 1. The summed E-state index contributed by atoms with van der Waals surface area (Å²) in [5.74, 6) is 0. The van der Waals surface area contributed by atoms with E-state index < -0.39 is 0 Å². The molecule has 21 heavy (non-hydrogen) atoms. The topological polar surface area (TPSA) is 17.8 Å². The number of aryl methyl sites for hydroxylation is 1. The summed E-state index contributed by atoms with van der Waals surface area (Å²) in [6, 6.07) is 9.19. The van der Waals surface area contributed by atoms with Crippen LogP contribution in [0, 0.1) is 6.92 Å². The first-order chi connectivity index (χ1) is 9.80. The predicted octanol–water partition coefficient (Wildman–Crippen LogP) is 5.76. The van der Waals surface area contributed by atoms with Crippen LogP contribution in [0.15, 0.2) is 30.5 Å². The van der Waals surface area contributed by atoms with E-state index in [1.807, 2.05) is 20.0 Å². The van der Waals surface area contributed by atoms with E-state index in [0.717, 1.165) is 0 Å². The summed E-state index contributed by atoms with van der Waals surface area (Å²) in [6.45, 7) is 17.3. The zero-order valence-corrected chi connectivity index (χ0v) is 14.9. The molecule has 0 bridgehead atoms. The van der Waals surface area contributed by atoms with Crippen LogP contribution in [0.5, 0.6) is 0 Å². The lowest BCUT2D eigenvalue weighted by atomic mass is 9.82. The highest BCUT2D eigenvalue weighted by atomic mass is 15.3. The van der Waals surface area contributed by atoms with Gasteiger partial charge in [0, 0.05) is 17.8 Å². The second-order valence-electron chi connectivity index (χ2n) is 6.55. The van der Waals surface area contributed by atoms with Gasteiger partial charge in [-0.25, -0.2) is 0 Å². The zero-order valence-electron chi connectivity index (χ0n) is 14.9. The second kappa shape index (κ2) is 6.93. The summed E-state index contributed by atoms with van der Waals surface area (Å²) in [4.78, 5) is 0. The minimum Gasteiger partial charge on any atom is -0.262 e. The summed E-state index contributed by atoms with van der Waals surface area (Å²) < 4.78 is 2.10. The number of rotatable bonds is 2. The molecule has 0 unspecified atom stereocenters. The van der Waals surface area contributed by atoms with Gasteiger partial charge in [0.25, 0.3) is 0 Å². The molecule has 0 aliphatic heterocycles. The van der Waals surface area contributed by atoms with Gasteiger partial charge in [0.1, 0.15) is 0 Å². The molecule has 0 spiro atoms. The van der Waals surface area contributed by atoms with Gasteiger partial charge in [0.05, 0.1) is 5.69 Å². The van der Waals surface area contributed by atoms with Gasteiger partial charge in [-0.3, -0.25) is 4.68 Å². The summed E-state index contributed by atoms with van der Waals surface area (Å²) in [5, 5.41) is 4.45. The Hall–Kier alpha value is -1.57. The minimum atomic E-state index is 0.132. The summed E-state index contributed by atoms with van der Waals surface area (Å²) in [5.41, 5.74) is 5.33. The average Bonchev–Trinajstić information content (AvgIpc) is 2.89. The van der Waals surface area contributed by atoms with E-state index >= 15 is 0 Å². The monoisotopic (exact) mass is 286 g/mol. The smallest absolute Gasteiger partial charge is 0.0688 e. The lowest BCUT2D eigenvalue weighted by molar-refractivity contribution is 0.536. The van der Waals surface area contributed by atoms with Crippen LogP contribution in [0.2, 0.25) is 0 Å². The summed E-state index contributed by atoms with van der Waals surface area (Å²) in [7, 11) is 0. The van der Waals surface area contributed by atoms with Gasteiger partial charge in [0.15, 0.2) is 0 Å². The van der Waals surface area contributed by atoms with Crippen LogP contribution >= 0.6 is 0 Å². The highest BCUT2D eigenvalue weighted by Gasteiger charge is 2.21. The van der Waals surface area contributed by atoms with E-state index in [1.165, 1.54) is 22.4 Å². The fourth-order valence-electron chi connectivity index (χ4n) is 2.44. The fourth-order valence-corrected chi connectivity index (χ4v) is 2.44. The van der Waals surface area contributed by atoms with Gasteiger partial charge in [-0.05, 0) is 37.8 Å². The Morgan fingerprint density at radius 1 is 1.05 bits per heavy atom. The lowest BCUT2D eigenvalue weighted by Crippen LogP contribution is -2.14. The minimum absolute atomic E-state index is 0.132. The highest BCUT2D eigenvalue weighted by Crippen LogP contribution is 2.34. The normalized spacial score (nSPS) is 11.3. The molecule has 1 aromatic carbocycles. The maximum absolute atomic E-state index is 4.45. The Morgan fingerprint density at radius 2 is 1.67 bits per heavy atom. The summed E-state index contributed by atoms with van der Waals surface area (Å²) >= 11 is 0. The fraction of sp³-hybridized carbons (Fsp3) is 0.526. The molecule has 0 N–H and O–H groups in total. The zero-order chi connectivity index (χ0) is 16.2. The van der Waals surface area contributed by atoms with Gasteiger partial charge in [0.2, 0.25) is 0 Å². The van der Waals surface area contributed by atoms with Gasteiger partial charge in [-0.2, -0.15) is 5.10 Å². The Kier molecular flexibility index (Phi) is 5.77. The molecular weight excluding hydrogens is 256 g/mol. The third-order valence-electron chi connectivity index (χ3n) is 3.42. The van der Waals surface area contributed by atoms with Crippen molar-refractivity contribution >= 4 is 0 Å². The SMILES string of the molecule is CC.Cc1ccc(-c2ccnn2C(C)C)c(C(C)(C)C)c1. The van der Waals surface area contributed by atoms with E-state index in [1.54, 1.807) is 0 Å². The third-order valence-corrected chi connectivity index (χ3v) is 3.42. The van der Waals surface area contributed by atoms with Crippen LogP contribution in [0.25, 0.3) is 11.3 Å². The van der Waals surface area contributed by atoms with Gasteiger partial charge < -0.3 is 0 Å². The maximum atomic E-state index is 4.45. The molecule has 0 fully saturated rings. The van der Waals surface area contributed by atoms with Crippen molar-refractivity contribution in [3.05, 3.63) is 41.6 Å². The van der Waals surface area contributed by atoms with Gasteiger partial charge in [-0.1, -0.05) is 58.4 Å². The molecule has 0 aliphatic carbocycles. The lowest BCUT2D eigenvalue weighted by Gasteiger charge is -2.24. The molecule has 0 saturated carbocycles. The molecule has 1 heterocycles. The van der Waals surface area contributed by atoms with Crippen LogP contribution in [0.1, 0.15) is 65.6 Å². The van der Waals surface area contributed by atoms with Crippen LogP contribution in [0.3, 0.4) is 0 Å². The first-order valence-corrected chi connectivity index (χ1v) is 7.95. The predicted molar refractivity (Wildman–Crippen MR) is 92.8 cm³/mol. The van der Waals surface area contributed by atoms with E-state index in [2.05, 4.69) is 75.6 Å². The molecule has 116 valence electrons. The molecule has 2 aromatic rings. The second-order valence-corrected chi connectivity index (χ2v) is 6.55. The van der Waals surface area contributed by atoms with Crippen molar-refractivity contribution in [1.82, 2.24) is 9.78 Å². The average molecular weight is 286 g/mol. The quantitative estimate of drug-likeness (QED) is 0.686. The third kappa shape index (κ3) is 3.96. The Morgan fingerprint density at radius 3 is 2.19 bits per heavy atom. The first-order valence-electron chi connectivity index (χ1n) is 7.95. The Labute approximate surface area is 130 Å². The molecule has 0 radical (unpaired) electrons. The van der Waals surface area contributed by atoms with Gasteiger partial charge >= 0.3 is 0 Å². The van der Waals surface area contributed by atoms with Crippen LogP contribution in [-0.2, 0) is 5.41 Å². The van der Waals surface area contributed by atoms with Crippen molar-refractivity contribution in [3.63, 3.8) is 0 Å². The molecular formula is C19H30N2. The van der Waals surface area contributed by atoms with Crippen LogP contribution < -0.4 is 0 Å². The van der Waals surface area contributed by atoms with Crippen LogP contribution in [-0.4, -0.2) is 9.78 Å². The molecule has 0 saturated heterocycles. The number of nitrogens with zero attached hydrogens (tertiary/aromatic N) is 2. The van der Waals surface area contributed by atoms with Crippen molar-refractivity contribution in [1.29, 1.82) is 0 Å². The standard InChI is InChI=1S/C17H24N2.C2H6/c1-12(2)19-16(9-10-18-19)14-8-7-13(3)11-15(14)17(4,5)6;1-2/h7-12H,1-6H3;1-2H3. The maximum Gasteiger partial charge on any atom is 0.0688 e. The number of aromatic nitrogens is 2. The van der Waals surface area contributed by atoms with E-state index in [-0.39, 0.29) is 5.41 Å². The largest absolute Gasteiger partial charge is 0.262 e. The van der Waals surface area contributed by atoms with Crippen molar-refractivity contribution in [2.24, 2.45) is 0 Å². The van der Waals surface area contributed by atoms with E-state index in [4.69, 9.17) is 0 Å². The molecule has 2 rings (SSSR count). The van der Waals surface area contributed by atoms with Gasteiger partial charge in [-0.15, -0.1) is 0 Å². The van der Waals surface area contributed by atoms with Crippen molar-refractivity contribution < 1.29 is 0 Å². The highest BCUT2D eigenvalue weighted by molar-refractivity contribution is 5.66. The molecule has 0 aliphatic rings. The van der Waals surface area contributed by atoms with Crippen molar-refractivity contribution in [2.45, 2.75) is 66.8 Å². The van der Waals surface area contributed by atoms with Crippen LogP contribution in [0.4, 0.5) is 0 Å². The molecule has 2 heteroatoms. The van der Waals surface area contributed by atoms with E-state index in [0.29, 0.717) is 6.04 Å². The number of hydrogen-bond donors (Lipinski definition) is 0. The molecule has 2 nitrogen and oxygen atoms in total. The molecule has 0 amide bonds. The van der Waals surface area contributed by atoms with Crippen molar-refractivity contribution in [3.8, 4) is 11.3 Å². The molecule has 0 atom stereocenters. The van der Waals surface area contributed by atoms with Crippen molar-refractivity contribution in [2.75, 3.05) is 0 Å². The Bertz CT molecular complexity index is 571. The first kappa shape index (κ1) is 17.5. The summed E-state index contributed by atoms with van der Waals surface area (Å²) in [6.07, 6.45) is 1.89. The Balaban J connectivity index is 0.00000106. The molecule has 1 aromatic heterocycles. The van der Waals surface area contributed by atoms with E-state index in [9.17, 15) is 0 Å².